The Morgan fingerprint density at radius 3 is 2.54 bits per heavy atom. The fourth-order valence-corrected chi connectivity index (χ4v) is 4.43. The Balaban J connectivity index is 1.51. The van der Waals surface area contributed by atoms with Gasteiger partial charge in [0.2, 0.25) is 5.91 Å². The molecule has 1 aromatic carbocycles. The first-order valence-electron chi connectivity index (χ1n) is 10.0. The van der Waals surface area contributed by atoms with Crippen LogP contribution >= 0.6 is 0 Å². The van der Waals surface area contributed by atoms with E-state index in [2.05, 4.69) is 30.1 Å². The third-order valence-corrected chi connectivity index (χ3v) is 6.13. The summed E-state index contributed by atoms with van der Waals surface area (Å²) in [6.45, 7) is 5.82. The molecule has 144 valence electrons. The second-order valence-electron chi connectivity index (χ2n) is 8.30. The minimum atomic E-state index is -0.142. The molecule has 3 heterocycles. The number of hydrogen-bond donors (Lipinski definition) is 1. The van der Waals surface area contributed by atoms with E-state index in [4.69, 9.17) is 4.98 Å². The first-order valence-corrected chi connectivity index (χ1v) is 10.0. The maximum atomic E-state index is 12.6. The molecule has 0 bridgehead atoms. The standard InChI is InChI=1S/C23H26N4O/c1-16(2)20-9-8-18(15-24)21(25-20)27-12-10-23(11-13-27)14-19(22(28)26-23)17-6-4-3-5-7-17/h3-9,16,19H,10-14H2,1-2H3,(H,26,28)/t19-/m1/s1. The predicted octanol–water partition coefficient (Wildman–Crippen LogP) is 3.72. The van der Waals surface area contributed by atoms with Crippen LogP contribution < -0.4 is 10.2 Å². The van der Waals surface area contributed by atoms with E-state index in [0.29, 0.717) is 11.5 Å². The maximum absolute atomic E-state index is 12.6. The number of nitriles is 1. The summed E-state index contributed by atoms with van der Waals surface area (Å²) in [5.74, 6) is 1.18. The molecule has 2 fully saturated rings. The largest absolute Gasteiger partial charge is 0.355 e. The number of amides is 1. The number of rotatable bonds is 3. The van der Waals surface area contributed by atoms with Crippen LogP contribution in [0.15, 0.2) is 42.5 Å². The zero-order chi connectivity index (χ0) is 19.7. The van der Waals surface area contributed by atoms with Crippen molar-refractivity contribution in [1.82, 2.24) is 10.3 Å². The molecule has 2 aliphatic rings. The van der Waals surface area contributed by atoms with Gasteiger partial charge in [-0.05, 0) is 42.9 Å². The summed E-state index contributed by atoms with van der Waals surface area (Å²) in [7, 11) is 0. The van der Waals surface area contributed by atoms with E-state index >= 15 is 0 Å². The molecule has 0 saturated carbocycles. The van der Waals surface area contributed by atoms with Crippen molar-refractivity contribution in [1.29, 1.82) is 5.26 Å². The van der Waals surface area contributed by atoms with E-state index in [0.717, 1.165) is 49.4 Å². The van der Waals surface area contributed by atoms with Gasteiger partial charge < -0.3 is 10.2 Å². The van der Waals surface area contributed by atoms with Crippen LogP contribution in [-0.4, -0.2) is 29.5 Å². The number of anilines is 1. The van der Waals surface area contributed by atoms with Gasteiger partial charge in [-0.1, -0.05) is 44.2 Å². The highest BCUT2D eigenvalue weighted by Gasteiger charge is 2.46. The summed E-state index contributed by atoms with van der Waals surface area (Å²) in [4.78, 5) is 19.6. The van der Waals surface area contributed by atoms with E-state index in [9.17, 15) is 10.1 Å². The molecule has 4 rings (SSSR count). The van der Waals surface area contributed by atoms with Crippen molar-refractivity contribution < 1.29 is 4.79 Å². The third kappa shape index (κ3) is 3.35. The zero-order valence-electron chi connectivity index (χ0n) is 16.5. The normalized spacial score (nSPS) is 21.0. The lowest BCUT2D eigenvalue weighted by Crippen LogP contribution is -2.51. The summed E-state index contributed by atoms with van der Waals surface area (Å²) >= 11 is 0. The van der Waals surface area contributed by atoms with Gasteiger partial charge >= 0.3 is 0 Å². The van der Waals surface area contributed by atoms with Crippen LogP contribution in [0.5, 0.6) is 0 Å². The quantitative estimate of drug-likeness (QED) is 0.889. The minimum absolute atomic E-state index is 0.0650. The number of carbonyl (C=O) groups is 1. The lowest BCUT2D eigenvalue weighted by molar-refractivity contribution is -0.121. The molecule has 0 unspecified atom stereocenters. The average molecular weight is 374 g/mol. The van der Waals surface area contributed by atoms with Crippen LogP contribution in [0.3, 0.4) is 0 Å². The molecule has 1 aromatic heterocycles. The highest BCUT2D eigenvalue weighted by atomic mass is 16.2. The summed E-state index contributed by atoms with van der Waals surface area (Å²) < 4.78 is 0. The number of aromatic nitrogens is 1. The van der Waals surface area contributed by atoms with Gasteiger partial charge in [-0.25, -0.2) is 4.98 Å². The Bertz CT molecular complexity index is 908. The van der Waals surface area contributed by atoms with E-state index in [-0.39, 0.29) is 17.4 Å². The van der Waals surface area contributed by atoms with Gasteiger partial charge in [0.25, 0.3) is 0 Å². The topological polar surface area (TPSA) is 69.0 Å². The first kappa shape index (κ1) is 18.5. The fourth-order valence-electron chi connectivity index (χ4n) is 4.43. The highest BCUT2D eigenvalue weighted by Crippen LogP contribution is 2.40. The molecule has 1 N–H and O–H groups in total. The molecule has 1 amide bonds. The van der Waals surface area contributed by atoms with Gasteiger partial charge in [-0.3, -0.25) is 4.79 Å². The molecule has 5 nitrogen and oxygen atoms in total. The number of nitrogens with zero attached hydrogens (tertiary/aromatic N) is 3. The third-order valence-electron chi connectivity index (χ3n) is 6.13. The van der Waals surface area contributed by atoms with Crippen LogP contribution in [0.4, 0.5) is 5.82 Å². The number of benzene rings is 1. The Labute approximate surface area is 166 Å². The Hall–Kier alpha value is -2.87. The van der Waals surface area contributed by atoms with Crippen molar-refractivity contribution >= 4 is 11.7 Å². The summed E-state index contributed by atoms with van der Waals surface area (Å²) in [6.07, 6.45) is 2.59. The number of carbonyl (C=O) groups excluding carboxylic acids is 1. The Kier molecular flexibility index (Phi) is 4.80. The molecule has 2 aromatic rings. The van der Waals surface area contributed by atoms with Crippen molar-refractivity contribution in [3.63, 3.8) is 0 Å². The maximum Gasteiger partial charge on any atom is 0.228 e. The molecule has 0 aliphatic carbocycles. The Morgan fingerprint density at radius 1 is 1.18 bits per heavy atom. The first-order chi connectivity index (χ1) is 13.5. The molecule has 1 atom stereocenters. The highest BCUT2D eigenvalue weighted by molar-refractivity contribution is 5.87. The molecular formula is C23H26N4O. The molecule has 2 aliphatic heterocycles. The van der Waals surface area contributed by atoms with Crippen molar-refractivity contribution in [3.05, 3.63) is 59.3 Å². The average Bonchev–Trinajstić information content (AvgIpc) is 3.04. The van der Waals surface area contributed by atoms with Crippen LogP contribution in [0.1, 0.15) is 61.8 Å². The van der Waals surface area contributed by atoms with Crippen LogP contribution in [0, 0.1) is 11.3 Å². The number of pyridine rings is 1. The SMILES string of the molecule is CC(C)c1ccc(C#N)c(N2CCC3(CC2)C[C@H](c2ccccc2)C(=O)N3)n1. The number of hydrogen-bond acceptors (Lipinski definition) is 4. The van der Waals surface area contributed by atoms with Gasteiger partial charge in [0, 0.05) is 24.3 Å². The summed E-state index contributed by atoms with van der Waals surface area (Å²) in [5, 5.41) is 12.8. The second kappa shape index (κ2) is 7.27. The van der Waals surface area contributed by atoms with Crippen LogP contribution in [-0.2, 0) is 4.79 Å². The molecule has 2 saturated heterocycles. The van der Waals surface area contributed by atoms with Crippen molar-refractivity contribution in [2.24, 2.45) is 0 Å². The minimum Gasteiger partial charge on any atom is -0.355 e. The smallest absolute Gasteiger partial charge is 0.228 e. The molecular weight excluding hydrogens is 348 g/mol. The van der Waals surface area contributed by atoms with Gasteiger partial charge in [0.15, 0.2) is 0 Å². The van der Waals surface area contributed by atoms with E-state index in [1.165, 1.54) is 0 Å². The fraction of sp³-hybridized carbons (Fsp3) is 0.435. The second-order valence-corrected chi connectivity index (χ2v) is 8.30. The molecule has 0 radical (unpaired) electrons. The summed E-state index contributed by atoms with van der Waals surface area (Å²) in [6, 6.07) is 16.2. The van der Waals surface area contributed by atoms with E-state index < -0.39 is 0 Å². The van der Waals surface area contributed by atoms with Gasteiger partial charge in [-0.15, -0.1) is 0 Å². The lowest BCUT2D eigenvalue weighted by atomic mass is 9.82. The predicted molar refractivity (Wildman–Crippen MR) is 109 cm³/mol. The number of nitrogens with one attached hydrogen (secondary N) is 1. The van der Waals surface area contributed by atoms with Crippen molar-refractivity contribution in [2.75, 3.05) is 18.0 Å². The van der Waals surface area contributed by atoms with E-state index in [1.807, 2.05) is 42.5 Å². The van der Waals surface area contributed by atoms with Gasteiger partial charge in [-0.2, -0.15) is 5.26 Å². The van der Waals surface area contributed by atoms with Crippen molar-refractivity contribution in [3.8, 4) is 6.07 Å². The van der Waals surface area contributed by atoms with Crippen LogP contribution in [0.25, 0.3) is 0 Å². The molecule has 5 heteroatoms. The Morgan fingerprint density at radius 2 is 1.89 bits per heavy atom. The zero-order valence-corrected chi connectivity index (χ0v) is 16.5. The molecule has 1 spiro atoms. The van der Waals surface area contributed by atoms with Crippen LogP contribution in [0.2, 0.25) is 0 Å². The van der Waals surface area contributed by atoms with Gasteiger partial charge in [0.05, 0.1) is 11.5 Å². The number of piperidine rings is 1. The lowest BCUT2D eigenvalue weighted by Gasteiger charge is -2.40. The van der Waals surface area contributed by atoms with Gasteiger partial charge in [0.1, 0.15) is 11.9 Å². The summed E-state index contributed by atoms with van der Waals surface area (Å²) in [5.41, 5.74) is 2.58. The van der Waals surface area contributed by atoms with E-state index in [1.54, 1.807) is 0 Å². The molecule has 28 heavy (non-hydrogen) atoms. The monoisotopic (exact) mass is 374 g/mol. The van der Waals surface area contributed by atoms with Crippen molar-refractivity contribution in [2.45, 2.75) is 50.5 Å².